The first-order chi connectivity index (χ1) is 7.43. The lowest BCUT2D eigenvalue weighted by Crippen LogP contribution is -2.18. The van der Waals surface area contributed by atoms with Gasteiger partial charge >= 0.3 is 0 Å². The van der Waals surface area contributed by atoms with E-state index in [0.29, 0.717) is 0 Å². The Labute approximate surface area is 96.7 Å². The van der Waals surface area contributed by atoms with Crippen LogP contribution in [-0.4, -0.2) is 18.8 Å². The van der Waals surface area contributed by atoms with Gasteiger partial charge in [0, 0.05) is 23.6 Å². The normalized spacial score (nSPS) is 9.80. The van der Waals surface area contributed by atoms with Crippen molar-refractivity contribution >= 4 is 11.8 Å². The van der Waals surface area contributed by atoms with E-state index in [1.165, 1.54) is 4.90 Å². The van der Waals surface area contributed by atoms with Gasteiger partial charge in [0.15, 0.2) is 0 Å². The van der Waals surface area contributed by atoms with E-state index in [2.05, 4.69) is 35.5 Å². The Hall–Kier alpha value is -0.910. The summed E-state index contributed by atoms with van der Waals surface area (Å²) in [6.07, 6.45) is 7.11. The fraction of sp³-hybridized carbons (Fsp3) is 0.385. The first-order valence-corrected chi connectivity index (χ1v) is 6.24. The Bertz CT molecular complexity index is 289. The second-order valence-corrected chi connectivity index (χ2v) is 4.39. The minimum absolute atomic E-state index is 0.874. The largest absolute Gasteiger partial charge is 0.316 e. The molecular weight excluding hydrogens is 202 g/mol. The lowest BCUT2D eigenvalue weighted by atomic mass is 10.3. The van der Waals surface area contributed by atoms with E-state index in [-0.39, 0.29) is 0 Å². The van der Waals surface area contributed by atoms with Gasteiger partial charge in [0.2, 0.25) is 0 Å². The Morgan fingerprint density at radius 1 is 1.20 bits per heavy atom. The number of rotatable bonds is 7. The van der Waals surface area contributed by atoms with Crippen LogP contribution in [0.5, 0.6) is 0 Å². The second kappa shape index (κ2) is 8.40. The van der Waals surface area contributed by atoms with Gasteiger partial charge in [-0.2, -0.15) is 0 Å². The van der Waals surface area contributed by atoms with Crippen molar-refractivity contribution in [2.24, 2.45) is 0 Å². The van der Waals surface area contributed by atoms with Gasteiger partial charge in [-0.25, -0.2) is 0 Å². The Morgan fingerprint density at radius 2 is 2.00 bits per heavy atom. The van der Waals surface area contributed by atoms with Gasteiger partial charge in [-0.05, 0) is 25.1 Å². The number of unbranched alkanes of at least 4 members (excludes halogenated alkanes) is 1. The van der Waals surface area contributed by atoms with E-state index in [1.54, 1.807) is 0 Å². The van der Waals surface area contributed by atoms with E-state index in [1.807, 2.05) is 17.8 Å². The maximum atomic E-state index is 5.16. The molecule has 0 saturated carbocycles. The van der Waals surface area contributed by atoms with E-state index in [4.69, 9.17) is 6.42 Å². The van der Waals surface area contributed by atoms with Gasteiger partial charge in [-0.15, -0.1) is 24.1 Å². The van der Waals surface area contributed by atoms with E-state index >= 15 is 0 Å². The van der Waals surface area contributed by atoms with E-state index < -0.39 is 0 Å². The molecule has 0 heterocycles. The zero-order valence-electron chi connectivity index (χ0n) is 8.91. The average molecular weight is 219 g/mol. The number of nitrogens with one attached hydrogen (secondary N) is 1. The molecule has 80 valence electrons. The van der Waals surface area contributed by atoms with Gasteiger partial charge in [0.1, 0.15) is 0 Å². The van der Waals surface area contributed by atoms with Crippen LogP contribution in [0.2, 0.25) is 0 Å². The summed E-state index contributed by atoms with van der Waals surface area (Å²) in [5, 5.41) is 3.37. The number of hydrogen-bond donors (Lipinski definition) is 1. The van der Waals surface area contributed by atoms with Gasteiger partial charge in [0.05, 0.1) is 0 Å². The molecule has 0 radical (unpaired) electrons. The van der Waals surface area contributed by atoms with Crippen LogP contribution in [0.15, 0.2) is 35.2 Å². The molecule has 0 fully saturated rings. The number of hydrogen-bond acceptors (Lipinski definition) is 2. The molecule has 0 unspecified atom stereocenters. The quantitative estimate of drug-likeness (QED) is 0.430. The zero-order chi connectivity index (χ0) is 10.8. The van der Waals surface area contributed by atoms with Crippen LogP contribution in [0, 0.1) is 12.3 Å². The Morgan fingerprint density at radius 3 is 2.73 bits per heavy atom. The van der Waals surface area contributed by atoms with Gasteiger partial charge < -0.3 is 5.32 Å². The average Bonchev–Trinajstić information content (AvgIpc) is 2.29. The maximum Gasteiger partial charge on any atom is 0.0106 e. The molecule has 1 aromatic carbocycles. The molecule has 1 nitrogen and oxygen atoms in total. The van der Waals surface area contributed by atoms with Gasteiger partial charge in [-0.3, -0.25) is 0 Å². The van der Waals surface area contributed by atoms with E-state index in [9.17, 15) is 0 Å². The van der Waals surface area contributed by atoms with Crippen LogP contribution in [-0.2, 0) is 0 Å². The lowest BCUT2D eigenvalue weighted by molar-refractivity contribution is 0.688. The highest BCUT2D eigenvalue weighted by Gasteiger charge is 1.91. The van der Waals surface area contributed by atoms with Gasteiger partial charge in [-0.1, -0.05) is 18.2 Å². The molecule has 0 saturated heterocycles. The number of benzene rings is 1. The molecule has 15 heavy (non-hydrogen) atoms. The summed E-state index contributed by atoms with van der Waals surface area (Å²) in [5.74, 6) is 3.75. The summed E-state index contributed by atoms with van der Waals surface area (Å²) in [7, 11) is 0. The van der Waals surface area contributed by atoms with Crippen molar-refractivity contribution < 1.29 is 0 Å². The first-order valence-electron chi connectivity index (χ1n) is 5.25. The topological polar surface area (TPSA) is 12.0 Å². The van der Waals surface area contributed by atoms with Crippen molar-refractivity contribution in [1.82, 2.24) is 5.32 Å². The van der Waals surface area contributed by atoms with Crippen LogP contribution in [0.25, 0.3) is 0 Å². The van der Waals surface area contributed by atoms with Crippen LogP contribution >= 0.6 is 11.8 Å². The third-order valence-corrected chi connectivity index (χ3v) is 2.98. The predicted molar refractivity (Wildman–Crippen MR) is 68.1 cm³/mol. The molecular formula is C13H17NS. The molecule has 0 amide bonds. The molecule has 1 N–H and O–H groups in total. The zero-order valence-corrected chi connectivity index (χ0v) is 9.72. The molecule has 0 aliphatic carbocycles. The van der Waals surface area contributed by atoms with Crippen molar-refractivity contribution in [3.63, 3.8) is 0 Å². The maximum absolute atomic E-state index is 5.16. The summed E-state index contributed by atoms with van der Waals surface area (Å²) in [6.45, 7) is 2.07. The number of thioether (sulfide) groups is 1. The summed E-state index contributed by atoms with van der Waals surface area (Å²) < 4.78 is 0. The van der Waals surface area contributed by atoms with Crippen molar-refractivity contribution in [3.8, 4) is 12.3 Å². The third-order valence-electron chi connectivity index (χ3n) is 1.97. The Kier molecular flexibility index (Phi) is 6.81. The van der Waals surface area contributed by atoms with Crippen molar-refractivity contribution in [3.05, 3.63) is 30.3 Å². The highest BCUT2D eigenvalue weighted by atomic mass is 32.2. The third kappa shape index (κ3) is 6.22. The smallest absolute Gasteiger partial charge is 0.0106 e. The summed E-state index contributed by atoms with van der Waals surface area (Å²) in [5.41, 5.74) is 0. The molecule has 1 aromatic rings. The molecule has 0 aromatic heterocycles. The number of terminal acetylenes is 1. The minimum atomic E-state index is 0.874. The van der Waals surface area contributed by atoms with Crippen LogP contribution in [0.1, 0.15) is 12.8 Å². The monoisotopic (exact) mass is 219 g/mol. The van der Waals surface area contributed by atoms with Crippen molar-refractivity contribution in [2.45, 2.75) is 17.7 Å². The molecule has 1 rings (SSSR count). The van der Waals surface area contributed by atoms with Crippen molar-refractivity contribution in [1.29, 1.82) is 0 Å². The molecule has 0 atom stereocenters. The predicted octanol–water partition coefficient (Wildman–Crippen LogP) is 2.78. The van der Waals surface area contributed by atoms with Crippen LogP contribution in [0.4, 0.5) is 0 Å². The molecule has 2 heteroatoms. The molecule has 0 aliphatic heterocycles. The minimum Gasteiger partial charge on any atom is -0.316 e. The second-order valence-electron chi connectivity index (χ2n) is 3.22. The SMILES string of the molecule is C#CCCCNCCSc1ccccc1. The summed E-state index contributed by atoms with van der Waals surface area (Å²) in [6, 6.07) is 10.5. The highest BCUT2D eigenvalue weighted by molar-refractivity contribution is 7.99. The first kappa shape index (κ1) is 12.2. The fourth-order valence-corrected chi connectivity index (χ4v) is 2.03. The summed E-state index contributed by atoms with van der Waals surface area (Å²) in [4.78, 5) is 1.34. The molecule has 0 spiro atoms. The Balaban J connectivity index is 1.96. The van der Waals surface area contributed by atoms with Crippen molar-refractivity contribution in [2.75, 3.05) is 18.8 Å². The lowest BCUT2D eigenvalue weighted by Gasteiger charge is -2.03. The standard InChI is InChI=1S/C13H17NS/c1-2-3-7-10-14-11-12-15-13-8-5-4-6-9-13/h1,4-6,8-9,14H,3,7,10-12H2. The molecule has 0 aliphatic rings. The fourth-order valence-electron chi connectivity index (χ4n) is 1.20. The van der Waals surface area contributed by atoms with Crippen LogP contribution < -0.4 is 5.32 Å². The van der Waals surface area contributed by atoms with Gasteiger partial charge in [0.25, 0.3) is 0 Å². The van der Waals surface area contributed by atoms with Crippen LogP contribution in [0.3, 0.4) is 0 Å². The highest BCUT2D eigenvalue weighted by Crippen LogP contribution is 2.15. The summed E-state index contributed by atoms with van der Waals surface area (Å²) >= 11 is 1.88. The molecule has 0 bridgehead atoms. The van der Waals surface area contributed by atoms with E-state index in [0.717, 1.165) is 31.7 Å².